The fourth-order valence-electron chi connectivity index (χ4n) is 3.16. The lowest BCUT2D eigenvalue weighted by atomic mass is 10.1. The van der Waals surface area contributed by atoms with Crippen molar-refractivity contribution in [1.82, 2.24) is 9.38 Å². The molecule has 2 aromatic carbocycles. The van der Waals surface area contributed by atoms with Crippen molar-refractivity contribution in [2.75, 3.05) is 12.4 Å². The van der Waals surface area contributed by atoms with Crippen LogP contribution in [0.25, 0.3) is 16.2 Å². The van der Waals surface area contributed by atoms with Crippen molar-refractivity contribution in [3.63, 3.8) is 0 Å². The van der Waals surface area contributed by atoms with E-state index in [1.165, 1.54) is 37.4 Å². The van der Waals surface area contributed by atoms with Crippen LogP contribution >= 0.6 is 11.3 Å². The van der Waals surface area contributed by atoms with Gasteiger partial charge in [-0.15, -0.1) is 0 Å². The summed E-state index contributed by atoms with van der Waals surface area (Å²) in [5.74, 6) is -0.176. The fraction of sp³-hybridized carbons (Fsp3) is 0.100. The second-order valence-corrected chi connectivity index (χ2v) is 7.68. The number of non-ortho nitro benzene ring substituents is 2. The lowest BCUT2D eigenvalue weighted by Gasteiger charge is -2.09. The van der Waals surface area contributed by atoms with Crippen LogP contribution in [0.5, 0.6) is 5.75 Å². The van der Waals surface area contributed by atoms with E-state index in [1.807, 2.05) is 0 Å². The molecule has 0 fully saturated rings. The van der Waals surface area contributed by atoms with Gasteiger partial charge in [0.1, 0.15) is 10.6 Å². The Bertz CT molecular complexity index is 1390. The van der Waals surface area contributed by atoms with Gasteiger partial charge in [0.2, 0.25) is 0 Å². The molecule has 0 aliphatic rings. The minimum Gasteiger partial charge on any atom is -0.495 e. The number of nitrogens with zero attached hydrogens (tertiary/aromatic N) is 4. The predicted molar refractivity (Wildman–Crippen MR) is 117 cm³/mol. The van der Waals surface area contributed by atoms with Gasteiger partial charge in [-0.2, -0.15) is 0 Å². The third kappa shape index (κ3) is 3.74. The third-order valence-electron chi connectivity index (χ3n) is 4.76. The van der Waals surface area contributed by atoms with Crippen LogP contribution in [-0.4, -0.2) is 32.2 Å². The molecule has 0 saturated heterocycles. The highest BCUT2D eigenvalue weighted by atomic mass is 32.1. The molecule has 2 aromatic heterocycles. The third-order valence-corrected chi connectivity index (χ3v) is 5.91. The summed E-state index contributed by atoms with van der Waals surface area (Å²) in [5, 5.41) is 24.7. The van der Waals surface area contributed by atoms with Crippen LogP contribution in [0.2, 0.25) is 0 Å². The Kier molecular flexibility index (Phi) is 5.28. The molecular formula is C20H15N5O6S. The molecule has 1 amide bonds. The van der Waals surface area contributed by atoms with E-state index >= 15 is 0 Å². The molecule has 12 heteroatoms. The topological polar surface area (TPSA) is 142 Å². The molecule has 0 aliphatic heterocycles. The lowest BCUT2D eigenvalue weighted by molar-refractivity contribution is -0.385. The number of nitro groups is 2. The molecule has 0 saturated carbocycles. The Balaban J connectivity index is 1.66. The van der Waals surface area contributed by atoms with Gasteiger partial charge in [0.05, 0.1) is 28.3 Å². The summed E-state index contributed by atoms with van der Waals surface area (Å²) >= 11 is 1.13. The number of thiazole rings is 1. The number of imidazole rings is 1. The van der Waals surface area contributed by atoms with Crippen LogP contribution in [0, 0.1) is 27.2 Å². The van der Waals surface area contributed by atoms with Crippen molar-refractivity contribution in [1.29, 1.82) is 0 Å². The van der Waals surface area contributed by atoms with E-state index in [-0.39, 0.29) is 22.8 Å². The number of hydrogen-bond acceptors (Lipinski definition) is 8. The number of fused-ring (bicyclic) bond motifs is 1. The molecule has 11 nitrogen and oxygen atoms in total. The van der Waals surface area contributed by atoms with E-state index in [0.29, 0.717) is 26.8 Å². The first-order chi connectivity index (χ1) is 15.3. The number of carbonyl (C=O) groups excluding carboxylic acids is 1. The number of ether oxygens (including phenoxy) is 1. The first-order valence-electron chi connectivity index (χ1n) is 9.15. The number of aromatic nitrogens is 2. The highest BCUT2D eigenvalue weighted by Crippen LogP contribution is 2.32. The molecule has 0 unspecified atom stereocenters. The molecule has 0 atom stereocenters. The van der Waals surface area contributed by atoms with Gasteiger partial charge < -0.3 is 10.1 Å². The molecule has 0 bridgehead atoms. The van der Waals surface area contributed by atoms with Crippen LogP contribution in [0.4, 0.5) is 17.1 Å². The second-order valence-electron chi connectivity index (χ2n) is 6.70. The molecule has 2 heterocycles. The maximum absolute atomic E-state index is 12.9. The normalized spacial score (nSPS) is 10.8. The number of carbonyl (C=O) groups is 1. The highest BCUT2D eigenvalue weighted by molar-refractivity contribution is 7.19. The Morgan fingerprint density at radius 2 is 1.84 bits per heavy atom. The van der Waals surface area contributed by atoms with Crippen molar-refractivity contribution in [3.8, 4) is 17.0 Å². The molecule has 1 N–H and O–H groups in total. The average molecular weight is 453 g/mol. The van der Waals surface area contributed by atoms with Gasteiger partial charge in [-0.25, -0.2) is 4.98 Å². The van der Waals surface area contributed by atoms with Crippen LogP contribution < -0.4 is 10.1 Å². The van der Waals surface area contributed by atoms with Gasteiger partial charge in [0.25, 0.3) is 17.3 Å². The Hall–Kier alpha value is -4.32. The largest absolute Gasteiger partial charge is 0.495 e. The number of nitrogens with one attached hydrogen (secondary N) is 1. The fourth-order valence-corrected chi connectivity index (χ4v) is 4.17. The van der Waals surface area contributed by atoms with Crippen LogP contribution in [0.15, 0.2) is 48.7 Å². The summed E-state index contributed by atoms with van der Waals surface area (Å²) in [6.07, 6.45) is 1.70. The smallest absolute Gasteiger partial charge is 0.271 e. The van der Waals surface area contributed by atoms with E-state index in [1.54, 1.807) is 29.7 Å². The van der Waals surface area contributed by atoms with E-state index in [2.05, 4.69) is 10.3 Å². The zero-order valence-corrected chi connectivity index (χ0v) is 17.6. The number of rotatable bonds is 6. The van der Waals surface area contributed by atoms with Crippen molar-refractivity contribution < 1.29 is 19.4 Å². The zero-order valence-electron chi connectivity index (χ0n) is 16.8. The summed E-state index contributed by atoms with van der Waals surface area (Å²) in [7, 11) is 1.40. The number of hydrogen-bond donors (Lipinski definition) is 1. The molecule has 0 radical (unpaired) electrons. The number of nitro benzene ring substituents is 2. The maximum Gasteiger partial charge on any atom is 0.271 e. The standard InChI is InChI=1S/C20H15N5O6S/c1-11-18(19(26)21-15-9-14(25(29)30)6-7-17(15)31-2)32-20-22-16(10-23(11)20)12-4-3-5-13(8-12)24(27)28/h3-10H,1-2H3,(H,21,26). The minimum atomic E-state index is -0.561. The second kappa shape index (κ2) is 8.07. The molecular weight excluding hydrogens is 438 g/mol. The summed E-state index contributed by atoms with van der Waals surface area (Å²) in [6.45, 7) is 1.74. The monoisotopic (exact) mass is 453 g/mol. The van der Waals surface area contributed by atoms with E-state index in [0.717, 1.165) is 11.3 Å². The van der Waals surface area contributed by atoms with Crippen LogP contribution in [-0.2, 0) is 0 Å². The molecule has 4 aromatic rings. The number of benzene rings is 2. The van der Waals surface area contributed by atoms with E-state index in [9.17, 15) is 25.0 Å². The molecule has 0 spiro atoms. The lowest BCUT2D eigenvalue weighted by Crippen LogP contribution is -2.13. The average Bonchev–Trinajstić information content (AvgIpc) is 3.33. The Morgan fingerprint density at radius 3 is 2.50 bits per heavy atom. The minimum absolute atomic E-state index is 0.0402. The van der Waals surface area contributed by atoms with Gasteiger partial charge in [-0.1, -0.05) is 23.5 Å². The van der Waals surface area contributed by atoms with Gasteiger partial charge >= 0.3 is 0 Å². The predicted octanol–water partition coefficient (Wildman–Crippen LogP) is 4.45. The molecule has 32 heavy (non-hydrogen) atoms. The summed E-state index contributed by atoms with van der Waals surface area (Å²) < 4.78 is 6.90. The first kappa shape index (κ1) is 20.9. The van der Waals surface area contributed by atoms with Gasteiger partial charge in [-0.05, 0) is 13.0 Å². The number of methoxy groups -OCH3 is 1. The summed E-state index contributed by atoms with van der Waals surface area (Å²) in [5.41, 5.74) is 1.68. The quantitative estimate of drug-likeness (QED) is 0.336. The SMILES string of the molecule is COc1ccc([N+](=O)[O-])cc1NC(=O)c1sc2nc(-c3cccc([N+](=O)[O-])c3)cn2c1C. The van der Waals surface area contributed by atoms with Crippen molar-refractivity contribution in [2.45, 2.75) is 6.92 Å². The number of amides is 1. The van der Waals surface area contributed by atoms with Crippen molar-refractivity contribution >= 4 is 39.3 Å². The highest BCUT2D eigenvalue weighted by Gasteiger charge is 2.21. The molecule has 0 aliphatic carbocycles. The number of aryl methyl sites for hydroxylation is 1. The first-order valence-corrected chi connectivity index (χ1v) is 9.97. The Morgan fingerprint density at radius 1 is 1.12 bits per heavy atom. The summed E-state index contributed by atoms with van der Waals surface area (Å²) in [4.78, 5) is 39.3. The number of anilines is 1. The van der Waals surface area contributed by atoms with Gasteiger partial charge in [-0.3, -0.25) is 29.4 Å². The summed E-state index contributed by atoms with van der Waals surface area (Å²) in [6, 6.07) is 10.1. The van der Waals surface area contributed by atoms with E-state index < -0.39 is 15.8 Å². The van der Waals surface area contributed by atoms with E-state index in [4.69, 9.17) is 4.74 Å². The van der Waals surface area contributed by atoms with Crippen molar-refractivity contribution in [3.05, 3.63) is 79.5 Å². The van der Waals surface area contributed by atoms with Gasteiger partial charge in [0, 0.05) is 41.7 Å². The molecule has 162 valence electrons. The van der Waals surface area contributed by atoms with Crippen LogP contribution in [0.1, 0.15) is 15.4 Å². The maximum atomic E-state index is 12.9. The van der Waals surface area contributed by atoms with Gasteiger partial charge in [0.15, 0.2) is 4.96 Å². The Labute approximate surface area is 184 Å². The van der Waals surface area contributed by atoms with Crippen LogP contribution in [0.3, 0.4) is 0 Å². The van der Waals surface area contributed by atoms with Crippen molar-refractivity contribution in [2.24, 2.45) is 0 Å². The zero-order chi connectivity index (χ0) is 23.0. The molecule has 4 rings (SSSR count).